The van der Waals surface area contributed by atoms with Crippen molar-refractivity contribution in [1.29, 1.82) is 0 Å². The molecule has 4 atom stereocenters. The van der Waals surface area contributed by atoms with E-state index in [4.69, 9.17) is 18.9 Å². The first-order valence-corrected chi connectivity index (χ1v) is 9.55. The predicted octanol–water partition coefficient (Wildman–Crippen LogP) is 2.71. The Bertz CT molecular complexity index is 845. The van der Waals surface area contributed by atoms with Gasteiger partial charge in [-0.2, -0.15) is 0 Å². The monoisotopic (exact) mass is 388 g/mol. The minimum absolute atomic E-state index is 0.136. The summed E-state index contributed by atoms with van der Waals surface area (Å²) in [7, 11) is 0. The number of esters is 3. The topological polar surface area (TPSA) is 88.1 Å². The average Bonchev–Trinajstić information content (AvgIpc) is 3.18. The van der Waals surface area contributed by atoms with E-state index in [0.29, 0.717) is 11.1 Å². The van der Waals surface area contributed by atoms with Crippen LogP contribution in [0.1, 0.15) is 47.0 Å². The summed E-state index contributed by atoms with van der Waals surface area (Å²) in [6, 6.07) is 0. The number of cyclic esters (lactones) is 1. The summed E-state index contributed by atoms with van der Waals surface area (Å²) in [5, 5.41) is 0. The summed E-state index contributed by atoms with van der Waals surface area (Å²) < 4.78 is 21.9. The second-order valence-electron chi connectivity index (χ2n) is 8.39. The van der Waals surface area contributed by atoms with E-state index in [0.717, 1.165) is 30.4 Å². The standard InChI is InChI=1S/C21H24O7/c1-10-8-14(27-19(10)23)25-9-13-15-17(26-11(2)22)12-6-5-7-21(3,4)16(12)18(15)28-20(13)24/h8-9,14-15,17-18H,5-7H2,1-4H3/t14-,15+,17?,18+/m1/s1. The lowest BCUT2D eigenvalue weighted by molar-refractivity contribution is -0.152. The molecule has 7 heteroatoms. The van der Waals surface area contributed by atoms with Gasteiger partial charge in [-0.15, -0.1) is 0 Å². The molecule has 1 fully saturated rings. The van der Waals surface area contributed by atoms with Gasteiger partial charge in [0, 0.05) is 18.6 Å². The summed E-state index contributed by atoms with van der Waals surface area (Å²) in [5.41, 5.74) is 2.74. The molecule has 0 radical (unpaired) electrons. The third-order valence-electron chi connectivity index (χ3n) is 5.99. The number of ether oxygens (including phenoxy) is 4. The number of hydrogen-bond acceptors (Lipinski definition) is 7. The van der Waals surface area contributed by atoms with Gasteiger partial charge in [-0.1, -0.05) is 13.8 Å². The summed E-state index contributed by atoms with van der Waals surface area (Å²) in [5.74, 6) is -1.79. The number of hydrogen-bond donors (Lipinski definition) is 0. The third kappa shape index (κ3) is 2.93. The molecule has 0 bridgehead atoms. The molecule has 0 saturated carbocycles. The van der Waals surface area contributed by atoms with Gasteiger partial charge in [-0.05, 0) is 42.7 Å². The van der Waals surface area contributed by atoms with E-state index < -0.39 is 42.3 Å². The summed E-state index contributed by atoms with van der Waals surface area (Å²) in [4.78, 5) is 35.8. The molecule has 2 heterocycles. The number of rotatable bonds is 3. The van der Waals surface area contributed by atoms with E-state index in [9.17, 15) is 14.4 Å². The van der Waals surface area contributed by atoms with Gasteiger partial charge in [0.05, 0.1) is 17.8 Å². The zero-order chi connectivity index (χ0) is 20.2. The van der Waals surface area contributed by atoms with Crippen LogP contribution in [0, 0.1) is 11.3 Å². The van der Waals surface area contributed by atoms with Gasteiger partial charge >= 0.3 is 17.9 Å². The third-order valence-corrected chi connectivity index (χ3v) is 5.99. The van der Waals surface area contributed by atoms with Crippen molar-refractivity contribution in [3.8, 4) is 0 Å². The second kappa shape index (κ2) is 6.50. The molecule has 0 amide bonds. The van der Waals surface area contributed by atoms with E-state index >= 15 is 0 Å². The first-order chi connectivity index (χ1) is 13.2. The molecule has 4 aliphatic rings. The summed E-state index contributed by atoms with van der Waals surface area (Å²) in [6.07, 6.45) is 3.76. The Morgan fingerprint density at radius 2 is 2.00 bits per heavy atom. The van der Waals surface area contributed by atoms with Crippen molar-refractivity contribution in [2.24, 2.45) is 11.3 Å². The molecule has 0 aromatic heterocycles. The van der Waals surface area contributed by atoms with Gasteiger partial charge in [-0.25, -0.2) is 9.59 Å². The largest absolute Gasteiger partial charge is 0.458 e. The van der Waals surface area contributed by atoms with Crippen LogP contribution in [-0.4, -0.2) is 36.4 Å². The molecule has 7 nitrogen and oxygen atoms in total. The molecule has 2 aliphatic heterocycles. The van der Waals surface area contributed by atoms with Crippen LogP contribution in [0.15, 0.2) is 34.6 Å². The van der Waals surface area contributed by atoms with E-state index in [2.05, 4.69) is 13.8 Å². The fourth-order valence-electron chi connectivity index (χ4n) is 4.78. The van der Waals surface area contributed by atoms with Crippen molar-refractivity contribution in [2.75, 3.05) is 0 Å². The molecule has 4 rings (SSSR count). The lowest BCUT2D eigenvalue weighted by Gasteiger charge is -2.34. The summed E-state index contributed by atoms with van der Waals surface area (Å²) >= 11 is 0. The van der Waals surface area contributed by atoms with Crippen molar-refractivity contribution < 1.29 is 33.3 Å². The zero-order valence-electron chi connectivity index (χ0n) is 16.4. The van der Waals surface area contributed by atoms with E-state index in [1.165, 1.54) is 13.2 Å². The Labute approximate surface area is 163 Å². The van der Waals surface area contributed by atoms with E-state index in [1.54, 1.807) is 13.0 Å². The smallest absolute Gasteiger partial charge is 0.338 e. The molecule has 1 saturated heterocycles. The van der Waals surface area contributed by atoms with Crippen LogP contribution < -0.4 is 0 Å². The van der Waals surface area contributed by atoms with Crippen LogP contribution in [-0.2, 0) is 33.3 Å². The van der Waals surface area contributed by atoms with Crippen LogP contribution >= 0.6 is 0 Å². The first-order valence-electron chi connectivity index (χ1n) is 9.55. The van der Waals surface area contributed by atoms with Gasteiger partial charge in [0.1, 0.15) is 12.2 Å². The van der Waals surface area contributed by atoms with Crippen LogP contribution in [0.4, 0.5) is 0 Å². The van der Waals surface area contributed by atoms with E-state index in [1.807, 2.05) is 0 Å². The molecule has 0 spiro atoms. The Hall–Kier alpha value is -2.57. The van der Waals surface area contributed by atoms with Crippen molar-refractivity contribution in [1.82, 2.24) is 0 Å². The molecule has 0 N–H and O–H groups in total. The highest BCUT2D eigenvalue weighted by atomic mass is 16.7. The number of carbonyl (C=O) groups is 3. The molecule has 0 aromatic rings. The molecule has 28 heavy (non-hydrogen) atoms. The quantitative estimate of drug-likeness (QED) is 0.241. The molecule has 150 valence electrons. The van der Waals surface area contributed by atoms with Gasteiger partial charge in [0.25, 0.3) is 6.29 Å². The van der Waals surface area contributed by atoms with Crippen molar-refractivity contribution in [3.63, 3.8) is 0 Å². The van der Waals surface area contributed by atoms with Crippen LogP contribution in [0.25, 0.3) is 0 Å². The Morgan fingerprint density at radius 3 is 2.64 bits per heavy atom. The first kappa shape index (κ1) is 18.8. The average molecular weight is 388 g/mol. The lowest BCUT2D eigenvalue weighted by Crippen LogP contribution is -2.29. The molecular formula is C21H24O7. The zero-order valence-corrected chi connectivity index (χ0v) is 16.4. The summed E-state index contributed by atoms with van der Waals surface area (Å²) in [6.45, 7) is 7.26. The van der Waals surface area contributed by atoms with Crippen molar-refractivity contribution >= 4 is 17.9 Å². The highest BCUT2D eigenvalue weighted by Gasteiger charge is 2.58. The Balaban J connectivity index is 1.67. The Kier molecular flexibility index (Phi) is 4.36. The molecule has 0 aromatic carbocycles. The van der Waals surface area contributed by atoms with Crippen LogP contribution in [0.2, 0.25) is 0 Å². The van der Waals surface area contributed by atoms with Crippen molar-refractivity contribution in [3.05, 3.63) is 34.6 Å². The minimum Gasteiger partial charge on any atom is -0.458 e. The number of carbonyl (C=O) groups excluding carboxylic acids is 3. The normalized spacial score (nSPS) is 34.6. The van der Waals surface area contributed by atoms with Gasteiger partial charge in [-0.3, -0.25) is 4.79 Å². The van der Waals surface area contributed by atoms with Crippen molar-refractivity contribution in [2.45, 2.75) is 65.5 Å². The fraction of sp³-hybridized carbons (Fsp3) is 0.571. The lowest BCUT2D eigenvalue weighted by atomic mass is 9.72. The maximum absolute atomic E-state index is 12.6. The predicted molar refractivity (Wildman–Crippen MR) is 96.4 cm³/mol. The van der Waals surface area contributed by atoms with Gasteiger partial charge in [0.15, 0.2) is 0 Å². The van der Waals surface area contributed by atoms with Gasteiger partial charge in [0.2, 0.25) is 0 Å². The molecular weight excluding hydrogens is 364 g/mol. The Morgan fingerprint density at radius 1 is 1.25 bits per heavy atom. The fourth-order valence-corrected chi connectivity index (χ4v) is 4.78. The highest BCUT2D eigenvalue weighted by Crippen LogP contribution is 2.55. The molecule has 1 unspecified atom stereocenters. The maximum atomic E-state index is 12.6. The minimum atomic E-state index is -0.876. The SMILES string of the molecule is CC(=O)OC1C2=C([C@H]3OC(=O)C(=CO[C@H]4C=C(C)C(=O)O4)[C@@H]13)C(C)(C)CCC2. The maximum Gasteiger partial charge on any atom is 0.338 e. The van der Waals surface area contributed by atoms with E-state index in [-0.39, 0.29) is 5.41 Å². The van der Waals surface area contributed by atoms with Crippen LogP contribution in [0.5, 0.6) is 0 Å². The number of fused-ring (bicyclic) bond motifs is 2. The molecule has 2 aliphatic carbocycles. The highest BCUT2D eigenvalue weighted by molar-refractivity contribution is 5.93. The van der Waals surface area contributed by atoms with Crippen LogP contribution in [0.3, 0.4) is 0 Å². The van der Waals surface area contributed by atoms with Gasteiger partial charge < -0.3 is 18.9 Å². The second-order valence-corrected chi connectivity index (χ2v) is 8.39.